The lowest BCUT2D eigenvalue weighted by Crippen LogP contribution is -2.56. The van der Waals surface area contributed by atoms with E-state index in [1.165, 1.54) is 18.4 Å². The second-order valence-corrected chi connectivity index (χ2v) is 9.06. The van der Waals surface area contributed by atoms with Gasteiger partial charge in [-0.3, -0.25) is 14.6 Å². The first-order valence-corrected chi connectivity index (χ1v) is 11.2. The molecule has 4 rings (SSSR count). The molecule has 0 radical (unpaired) electrons. The van der Waals surface area contributed by atoms with E-state index >= 15 is 0 Å². The molecule has 4 atom stereocenters. The van der Waals surface area contributed by atoms with Crippen molar-refractivity contribution in [3.63, 3.8) is 0 Å². The number of piperazine rings is 1. The van der Waals surface area contributed by atoms with Crippen LogP contribution in [0.15, 0.2) is 18.2 Å². The zero-order valence-electron chi connectivity index (χ0n) is 18.0. The molecule has 1 aliphatic carbocycles. The van der Waals surface area contributed by atoms with Crippen LogP contribution in [0.1, 0.15) is 45.6 Å². The Morgan fingerprint density at radius 3 is 2.69 bits per heavy atom. The fourth-order valence-electron chi connectivity index (χ4n) is 4.86. The van der Waals surface area contributed by atoms with E-state index in [1.807, 2.05) is 6.07 Å². The molecule has 6 heteroatoms. The minimum absolute atomic E-state index is 0.0628. The standard InChI is InChI=1S/C23H35N3O3/c1-16-5-4-6-20(17(16)2)24-23(27)18(3)26-11-9-25(10-12-26)14-19-7-8-21-22(13-19)29-15-28-21/h7-8,13,16-18,20H,4-6,9-12,14-15H2,1-3H3,(H,24,27)/t16-,17-,18-,20+/m1/s1. The molecule has 1 saturated heterocycles. The van der Waals surface area contributed by atoms with Crippen LogP contribution in [0, 0.1) is 11.8 Å². The number of fused-ring (bicyclic) bond motifs is 1. The van der Waals surface area contributed by atoms with E-state index in [1.54, 1.807) is 0 Å². The van der Waals surface area contributed by atoms with Gasteiger partial charge in [0, 0.05) is 38.8 Å². The van der Waals surface area contributed by atoms with Gasteiger partial charge in [-0.05, 0) is 42.9 Å². The Labute approximate surface area is 174 Å². The van der Waals surface area contributed by atoms with Gasteiger partial charge in [-0.25, -0.2) is 0 Å². The number of amides is 1. The lowest BCUT2D eigenvalue weighted by Gasteiger charge is -2.39. The summed E-state index contributed by atoms with van der Waals surface area (Å²) in [5.74, 6) is 3.14. The van der Waals surface area contributed by atoms with E-state index in [0.29, 0.717) is 24.7 Å². The zero-order valence-corrected chi connectivity index (χ0v) is 18.0. The van der Waals surface area contributed by atoms with E-state index in [0.717, 1.165) is 50.6 Å². The molecule has 1 aromatic carbocycles. The summed E-state index contributed by atoms with van der Waals surface area (Å²) in [6.45, 7) is 11.7. The van der Waals surface area contributed by atoms with Gasteiger partial charge in [0.05, 0.1) is 6.04 Å². The number of nitrogens with one attached hydrogen (secondary N) is 1. The molecular formula is C23H35N3O3. The van der Waals surface area contributed by atoms with Crippen LogP contribution in [0.25, 0.3) is 0 Å². The number of hydrogen-bond donors (Lipinski definition) is 1. The van der Waals surface area contributed by atoms with Gasteiger partial charge < -0.3 is 14.8 Å². The highest BCUT2D eigenvalue weighted by atomic mass is 16.7. The Kier molecular flexibility index (Phi) is 6.30. The van der Waals surface area contributed by atoms with Crippen molar-refractivity contribution in [2.45, 2.75) is 58.7 Å². The van der Waals surface area contributed by atoms with E-state index in [-0.39, 0.29) is 11.9 Å². The fraction of sp³-hybridized carbons (Fsp3) is 0.696. The van der Waals surface area contributed by atoms with Crippen molar-refractivity contribution in [1.82, 2.24) is 15.1 Å². The van der Waals surface area contributed by atoms with Crippen molar-refractivity contribution in [3.05, 3.63) is 23.8 Å². The van der Waals surface area contributed by atoms with Gasteiger partial charge in [0.2, 0.25) is 12.7 Å². The zero-order chi connectivity index (χ0) is 20.4. The summed E-state index contributed by atoms with van der Waals surface area (Å²) >= 11 is 0. The number of ether oxygens (including phenoxy) is 2. The van der Waals surface area contributed by atoms with Crippen LogP contribution in [0.4, 0.5) is 0 Å². The van der Waals surface area contributed by atoms with Gasteiger partial charge in [0.1, 0.15) is 0 Å². The largest absolute Gasteiger partial charge is 0.454 e. The first kappa shape index (κ1) is 20.5. The molecule has 0 unspecified atom stereocenters. The number of rotatable bonds is 5. The molecule has 2 fully saturated rings. The summed E-state index contributed by atoms with van der Waals surface area (Å²) in [6, 6.07) is 6.46. The number of nitrogens with zero attached hydrogens (tertiary/aromatic N) is 2. The fourth-order valence-corrected chi connectivity index (χ4v) is 4.86. The molecule has 2 aliphatic heterocycles. The highest BCUT2D eigenvalue weighted by molar-refractivity contribution is 5.81. The van der Waals surface area contributed by atoms with Gasteiger partial charge in [0.25, 0.3) is 0 Å². The van der Waals surface area contributed by atoms with Gasteiger partial charge >= 0.3 is 0 Å². The van der Waals surface area contributed by atoms with Gasteiger partial charge in [-0.2, -0.15) is 0 Å². The third-order valence-corrected chi connectivity index (χ3v) is 7.21. The average molecular weight is 402 g/mol. The van der Waals surface area contributed by atoms with E-state index in [9.17, 15) is 4.79 Å². The van der Waals surface area contributed by atoms with Crippen LogP contribution >= 0.6 is 0 Å². The Balaban J connectivity index is 1.25. The summed E-state index contributed by atoms with van der Waals surface area (Å²) in [5.41, 5.74) is 1.24. The van der Waals surface area contributed by atoms with E-state index < -0.39 is 0 Å². The number of carbonyl (C=O) groups is 1. The normalized spacial score (nSPS) is 28.9. The molecule has 1 aromatic rings. The Hall–Kier alpha value is -1.79. The maximum absolute atomic E-state index is 12.9. The Bertz CT molecular complexity index is 717. The maximum atomic E-state index is 12.9. The summed E-state index contributed by atoms with van der Waals surface area (Å²) in [7, 11) is 0. The first-order valence-electron chi connectivity index (χ1n) is 11.2. The minimum atomic E-state index is -0.0628. The van der Waals surface area contributed by atoms with Crippen molar-refractivity contribution in [1.29, 1.82) is 0 Å². The molecule has 1 amide bonds. The van der Waals surface area contributed by atoms with Gasteiger partial charge in [0.15, 0.2) is 11.5 Å². The molecule has 0 spiro atoms. The van der Waals surface area contributed by atoms with E-state index in [4.69, 9.17) is 9.47 Å². The maximum Gasteiger partial charge on any atom is 0.237 e. The SMILES string of the molecule is C[C@@H]1[C@H](C)CCC[C@@H]1NC(=O)[C@@H](C)N1CCN(Cc2ccc3c(c2)OCO3)CC1. The average Bonchev–Trinajstić information content (AvgIpc) is 3.19. The lowest BCUT2D eigenvalue weighted by molar-refractivity contribution is -0.128. The van der Waals surface area contributed by atoms with Crippen LogP contribution < -0.4 is 14.8 Å². The predicted molar refractivity (Wildman–Crippen MR) is 113 cm³/mol. The van der Waals surface area contributed by atoms with Crippen molar-refractivity contribution in [2.75, 3.05) is 33.0 Å². The summed E-state index contributed by atoms with van der Waals surface area (Å²) in [5, 5.41) is 3.35. The Morgan fingerprint density at radius 1 is 1.14 bits per heavy atom. The quantitative estimate of drug-likeness (QED) is 0.822. The third kappa shape index (κ3) is 4.69. The molecule has 2 heterocycles. The monoisotopic (exact) mass is 401 g/mol. The van der Waals surface area contributed by atoms with Crippen LogP contribution in [-0.4, -0.2) is 60.8 Å². The lowest BCUT2D eigenvalue weighted by atomic mass is 9.78. The molecular weight excluding hydrogens is 366 g/mol. The molecule has 1 N–H and O–H groups in total. The number of carbonyl (C=O) groups excluding carboxylic acids is 1. The predicted octanol–water partition coefficient (Wildman–Crippen LogP) is 2.86. The topological polar surface area (TPSA) is 54.0 Å². The molecule has 160 valence electrons. The highest BCUT2D eigenvalue weighted by Crippen LogP contribution is 2.33. The second-order valence-electron chi connectivity index (χ2n) is 9.06. The first-order chi connectivity index (χ1) is 14.0. The second kappa shape index (κ2) is 8.92. The van der Waals surface area contributed by atoms with Crippen LogP contribution in [0.5, 0.6) is 11.5 Å². The third-order valence-electron chi connectivity index (χ3n) is 7.21. The highest BCUT2D eigenvalue weighted by Gasteiger charge is 2.31. The summed E-state index contributed by atoms with van der Waals surface area (Å²) in [4.78, 5) is 17.6. The van der Waals surface area contributed by atoms with E-state index in [2.05, 4.69) is 48.0 Å². The van der Waals surface area contributed by atoms with Crippen LogP contribution in [0.2, 0.25) is 0 Å². The van der Waals surface area contributed by atoms with Crippen molar-refractivity contribution in [3.8, 4) is 11.5 Å². The van der Waals surface area contributed by atoms with Crippen LogP contribution in [0.3, 0.4) is 0 Å². The van der Waals surface area contributed by atoms with Crippen molar-refractivity contribution < 1.29 is 14.3 Å². The molecule has 0 bridgehead atoms. The number of benzene rings is 1. The Morgan fingerprint density at radius 2 is 1.90 bits per heavy atom. The molecule has 0 aromatic heterocycles. The minimum Gasteiger partial charge on any atom is -0.454 e. The van der Waals surface area contributed by atoms with Gasteiger partial charge in [-0.15, -0.1) is 0 Å². The van der Waals surface area contributed by atoms with Crippen molar-refractivity contribution in [2.24, 2.45) is 11.8 Å². The molecule has 29 heavy (non-hydrogen) atoms. The number of hydrogen-bond acceptors (Lipinski definition) is 5. The molecule has 6 nitrogen and oxygen atoms in total. The molecule has 3 aliphatic rings. The summed E-state index contributed by atoms with van der Waals surface area (Å²) in [6.07, 6.45) is 3.63. The van der Waals surface area contributed by atoms with Crippen LogP contribution in [-0.2, 0) is 11.3 Å². The van der Waals surface area contributed by atoms with Crippen molar-refractivity contribution >= 4 is 5.91 Å². The van der Waals surface area contributed by atoms with Gasteiger partial charge in [-0.1, -0.05) is 32.8 Å². The molecule has 1 saturated carbocycles. The smallest absolute Gasteiger partial charge is 0.237 e. The summed E-state index contributed by atoms with van der Waals surface area (Å²) < 4.78 is 10.9.